The topological polar surface area (TPSA) is 63.3 Å². The Labute approximate surface area is 87.3 Å². The minimum Gasteiger partial charge on any atom is -0.481 e. The summed E-state index contributed by atoms with van der Waals surface area (Å²) >= 11 is 1.49. The van der Waals surface area contributed by atoms with Gasteiger partial charge in [-0.2, -0.15) is 0 Å². The van der Waals surface area contributed by atoms with Gasteiger partial charge >= 0.3 is 5.97 Å². The summed E-state index contributed by atoms with van der Waals surface area (Å²) in [6, 6.07) is 7.47. The van der Waals surface area contributed by atoms with Gasteiger partial charge in [0.1, 0.15) is 0 Å². The van der Waals surface area contributed by atoms with Gasteiger partial charge in [0.15, 0.2) is 0 Å². The number of rotatable bonds is 4. The molecule has 1 unspecified atom stereocenters. The second-order valence-electron chi connectivity index (χ2n) is 3.06. The molecule has 1 rings (SSSR count). The SMILES string of the molecule is CC(CC(=O)O)Sc1ccccc1N. The van der Waals surface area contributed by atoms with Crippen molar-refractivity contribution in [3.05, 3.63) is 24.3 Å². The molecule has 0 aliphatic heterocycles. The van der Waals surface area contributed by atoms with Crippen molar-refractivity contribution in [1.82, 2.24) is 0 Å². The third-order valence-corrected chi connectivity index (χ3v) is 2.90. The second kappa shape index (κ2) is 4.91. The van der Waals surface area contributed by atoms with Crippen LogP contribution in [0.25, 0.3) is 0 Å². The van der Waals surface area contributed by atoms with E-state index in [-0.39, 0.29) is 11.7 Å². The lowest BCUT2D eigenvalue weighted by atomic mass is 10.3. The van der Waals surface area contributed by atoms with Crippen LogP contribution in [0.1, 0.15) is 13.3 Å². The van der Waals surface area contributed by atoms with E-state index in [0.717, 1.165) is 4.90 Å². The molecule has 0 bridgehead atoms. The van der Waals surface area contributed by atoms with Crippen molar-refractivity contribution in [3.8, 4) is 0 Å². The van der Waals surface area contributed by atoms with Crippen molar-refractivity contribution in [2.45, 2.75) is 23.5 Å². The zero-order valence-corrected chi connectivity index (χ0v) is 8.75. The third kappa shape index (κ3) is 3.30. The molecule has 1 aromatic carbocycles. The first-order valence-corrected chi connectivity index (χ1v) is 5.20. The normalized spacial score (nSPS) is 12.4. The van der Waals surface area contributed by atoms with Crippen LogP contribution in [0, 0.1) is 0 Å². The van der Waals surface area contributed by atoms with Gasteiger partial charge in [0.25, 0.3) is 0 Å². The smallest absolute Gasteiger partial charge is 0.304 e. The molecule has 1 aromatic rings. The Hall–Kier alpha value is -1.16. The monoisotopic (exact) mass is 211 g/mol. The summed E-state index contributed by atoms with van der Waals surface area (Å²) in [6.07, 6.45) is 0.152. The maximum absolute atomic E-state index is 10.4. The van der Waals surface area contributed by atoms with E-state index < -0.39 is 5.97 Å². The number of hydrogen-bond acceptors (Lipinski definition) is 3. The van der Waals surface area contributed by atoms with Gasteiger partial charge in [-0.1, -0.05) is 19.1 Å². The van der Waals surface area contributed by atoms with Crippen LogP contribution in [0.5, 0.6) is 0 Å². The zero-order chi connectivity index (χ0) is 10.6. The zero-order valence-electron chi connectivity index (χ0n) is 7.93. The molecule has 0 amide bonds. The molecule has 3 N–H and O–H groups in total. The van der Waals surface area contributed by atoms with E-state index >= 15 is 0 Å². The largest absolute Gasteiger partial charge is 0.481 e. The molecule has 1 atom stereocenters. The fraction of sp³-hybridized carbons (Fsp3) is 0.300. The Balaban J connectivity index is 2.60. The third-order valence-electron chi connectivity index (χ3n) is 1.71. The molecular weight excluding hydrogens is 198 g/mol. The number of carboxylic acid groups (broad SMARTS) is 1. The first kappa shape index (κ1) is 10.9. The first-order chi connectivity index (χ1) is 6.59. The molecule has 4 heteroatoms. The van der Waals surface area contributed by atoms with Gasteiger partial charge < -0.3 is 10.8 Å². The van der Waals surface area contributed by atoms with Crippen LogP contribution in [0.2, 0.25) is 0 Å². The maximum Gasteiger partial charge on any atom is 0.304 e. The van der Waals surface area contributed by atoms with E-state index in [9.17, 15) is 4.79 Å². The molecule has 3 nitrogen and oxygen atoms in total. The maximum atomic E-state index is 10.4. The van der Waals surface area contributed by atoms with Crippen LogP contribution in [0.4, 0.5) is 5.69 Å². The van der Waals surface area contributed by atoms with E-state index in [0.29, 0.717) is 5.69 Å². The van der Waals surface area contributed by atoms with Crippen molar-refractivity contribution in [3.63, 3.8) is 0 Å². The number of anilines is 1. The number of thioether (sulfide) groups is 1. The summed E-state index contributed by atoms with van der Waals surface area (Å²) in [7, 11) is 0. The molecule has 76 valence electrons. The summed E-state index contributed by atoms with van der Waals surface area (Å²) in [6.45, 7) is 1.88. The number of carboxylic acids is 1. The van der Waals surface area contributed by atoms with Gasteiger partial charge in [0, 0.05) is 15.8 Å². The van der Waals surface area contributed by atoms with Crippen LogP contribution in [0.3, 0.4) is 0 Å². The van der Waals surface area contributed by atoms with E-state index in [1.807, 2.05) is 31.2 Å². The number of para-hydroxylation sites is 1. The fourth-order valence-electron chi connectivity index (χ4n) is 1.09. The molecule has 0 saturated carbocycles. The van der Waals surface area contributed by atoms with Crippen molar-refractivity contribution in [2.24, 2.45) is 0 Å². The Kier molecular flexibility index (Phi) is 3.83. The number of aliphatic carboxylic acids is 1. The molecule has 0 aliphatic carbocycles. The molecular formula is C10H13NO2S. The van der Waals surface area contributed by atoms with Crippen molar-refractivity contribution >= 4 is 23.4 Å². The van der Waals surface area contributed by atoms with Crippen molar-refractivity contribution < 1.29 is 9.90 Å². The Bertz CT molecular complexity index is 328. The number of carbonyl (C=O) groups is 1. The second-order valence-corrected chi connectivity index (χ2v) is 4.54. The van der Waals surface area contributed by atoms with E-state index in [4.69, 9.17) is 10.8 Å². The van der Waals surface area contributed by atoms with E-state index in [2.05, 4.69) is 0 Å². The highest BCUT2D eigenvalue weighted by Gasteiger charge is 2.10. The highest BCUT2D eigenvalue weighted by atomic mass is 32.2. The average molecular weight is 211 g/mol. The van der Waals surface area contributed by atoms with Gasteiger partial charge in [0.05, 0.1) is 6.42 Å². The number of nitrogens with two attached hydrogens (primary N) is 1. The van der Waals surface area contributed by atoms with Crippen LogP contribution >= 0.6 is 11.8 Å². The summed E-state index contributed by atoms with van der Waals surface area (Å²) < 4.78 is 0. The standard InChI is InChI=1S/C10H13NO2S/c1-7(6-10(12)13)14-9-5-3-2-4-8(9)11/h2-5,7H,6,11H2,1H3,(H,12,13). The Morgan fingerprint density at radius 2 is 2.21 bits per heavy atom. The molecule has 0 fully saturated rings. The Morgan fingerprint density at radius 1 is 1.57 bits per heavy atom. The molecule has 0 heterocycles. The van der Waals surface area contributed by atoms with Gasteiger partial charge in [-0.3, -0.25) is 4.79 Å². The first-order valence-electron chi connectivity index (χ1n) is 4.32. The van der Waals surface area contributed by atoms with E-state index in [1.54, 1.807) is 0 Å². The van der Waals surface area contributed by atoms with E-state index in [1.165, 1.54) is 11.8 Å². The summed E-state index contributed by atoms with van der Waals surface area (Å²) in [5.41, 5.74) is 6.43. The molecule has 0 saturated heterocycles. The average Bonchev–Trinajstić information content (AvgIpc) is 2.07. The van der Waals surface area contributed by atoms with Gasteiger partial charge in [-0.05, 0) is 12.1 Å². The summed E-state index contributed by atoms with van der Waals surface area (Å²) in [5, 5.41) is 8.63. The lowest BCUT2D eigenvalue weighted by molar-refractivity contribution is -0.136. The lowest BCUT2D eigenvalue weighted by Crippen LogP contribution is -2.05. The molecule has 0 spiro atoms. The molecule has 0 aliphatic rings. The highest BCUT2D eigenvalue weighted by Crippen LogP contribution is 2.29. The quantitative estimate of drug-likeness (QED) is 0.592. The summed E-state index contributed by atoms with van der Waals surface area (Å²) in [5.74, 6) is -0.778. The minimum atomic E-state index is -0.778. The highest BCUT2D eigenvalue weighted by molar-refractivity contribution is 8.00. The number of benzene rings is 1. The molecule has 0 aromatic heterocycles. The fourth-order valence-corrected chi connectivity index (χ4v) is 2.11. The van der Waals surface area contributed by atoms with Crippen LogP contribution in [-0.4, -0.2) is 16.3 Å². The van der Waals surface area contributed by atoms with Crippen molar-refractivity contribution in [2.75, 3.05) is 5.73 Å². The predicted octanol–water partition coefficient (Wildman–Crippen LogP) is 2.22. The van der Waals surface area contributed by atoms with Gasteiger partial charge in [-0.25, -0.2) is 0 Å². The van der Waals surface area contributed by atoms with Crippen LogP contribution < -0.4 is 5.73 Å². The predicted molar refractivity (Wildman–Crippen MR) is 58.4 cm³/mol. The van der Waals surface area contributed by atoms with Gasteiger partial charge in [-0.15, -0.1) is 11.8 Å². The number of nitrogen functional groups attached to an aromatic ring is 1. The van der Waals surface area contributed by atoms with Gasteiger partial charge in [0.2, 0.25) is 0 Å². The molecule has 14 heavy (non-hydrogen) atoms. The minimum absolute atomic E-state index is 0.0391. The lowest BCUT2D eigenvalue weighted by Gasteiger charge is -2.09. The van der Waals surface area contributed by atoms with Crippen molar-refractivity contribution in [1.29, 1.82) is 0 Å². The van der Waals surface area contributed by atoms with Crippen LogP contribution in [-0.2, 0) is 4.79 Å². The molecule has 0 radical (unpaired) electrons. The van der Waals surface area contributed by atoms with Crippen LogP contribution in [0.15, 0.2) is 29.2 Å². The summed E-state index contributed by atoms with van der Waals surface area (Å²) in [4.78, 5) is 11.4. The Morgan fingerprint density at radius 3 is 2.79 bits per heavy atom. The number of hydrogen-bond donors (Lipinski definition) is 2.